The number of nitrogens with zero attached hydrogens (tertiary/aromatic N) is 1. The standard InChI is InChI=1S/C27H26ClN3O3S2/c1-13(2)34-27(33)21-19(15-5-7-17(28)8-6-15)12-35-26(21)31-24(32)23-22(29)18-11-16-10-14(3)4-9-20(16)30-25(18)36-23/h5-8,11-14H,4,9-10,29H2,1-3H3,(H,31,32). The van der Waals surface area contributed by atoms with Crippen molar-refractivity contribution in [2.24, 2.45) is 5.92 Å². The van der Waals surface area contributed by atoms with Gasteiger partial charge in [-0.25, -0.2) is 9.78 Å². The van der Waals surface area contributed by atoms with E-state index in [0.29, 0.717) is 37.6 Å². The van der Waals surface area contributed by atoms with E-state index in [9.17, 15) is 9.59 Å². The predicted molar refractivity (Wildman–Crippen MR) is 148 cm³/mol. The summed E-state index contributed by atoms with van der Waals surface area (Å²) < 4.78 is 5.50. The zero-order valence-electron chi connectivity index (χ0n) is 20.2. The van der Waals surface area contributed by atoms with E-state index in [4.69, 9.17) is 27.1 Å². The molecule has 0 spiro atoms. The molecule has 3 N–H and O–H groups in total. The normalized spacial score (nSPS) is 15.2. The molecule has 6 nitrogen and oxygen atoms in total. The number of esters is 1. The quantitative estimate of drug-likeness (QED) is 0.261. The van der Waals surface area contributed by atoms with Crippen molar-refractivity contribution in [2.75, 3.05) is 11.1 Å². The van der Waals surface area contributed by atoms with Crippen LogP contribution in [0.4, 0.5) is 10.7 Å². The number of carbonyl (C=O) groups is 2. The van der Waals surface area contributed by atoms with Crippen LogP contribution in [0.15, 0.2) is 35.7 Å². The van der Waals surface area contributed by atoms with E-state index in [1.807, 2.05) is 17.5 Å². The molecule has 9 heteroatoms. The Bertz CT molecular complexity index is 1470. The maximum Gasteiger partial charge on any atom is 0.342 e. The van der Waals surface area contributed by atoms with Gasteiger partial charge in [0, 0.05) is 27.0 Å². The Kier molecular flexibility index (Phi) is 6.76. The number of hydrogen-bond acceptors (Lipinski definition) is 7. The Morgan fingerprint density at radius 3 is 2.72 bits per heavy atom. The first-order valence-electron chi connectivity index (χ1n) is 11.8. The summed E-state index contributed by atoms with van der Waals surface area (Å²) in [6, 6.07) is 9.28. The number of nitrogen functional groups attached to an aromatic ring is 1. The molecule has 5 rings (SSSR count). The number of nitrogens with one attached hydrogen (secondary N) is 1. The zero-order valence-corrected chi connectivity index (χ0v) is 22.6. The van der Waals surface area contributed by atoms with Crippen LogP contribution in [0.5, 0.6) is 0 Å². The van der Waals surface area contributed by atoms with Gasteiger partial charge >= 0.3 is 5.97 Å². The minimum absolute atomic E-state index is 0.308. The maximum absolute atomic E-state index is 13.4. The first-order valence-corrected chi connectivity index (χ1v) is 13.9. The van der Waals surface area contributed by atoms with E-state index in [0.717, 1.165) is 40.7 Å². The molecular formula is C27H26ClN3O3S2. The molecule has 3 aromatic heterocycles. The van der Waals surface area contributed by atoms with Crippen molar-refractivity contribution < 1.29 is 14.3 Å². The fraction of sp³-hybridized carbons (Fsp3) is 0.296. The van der Waals surface area contributed by atoms with E-state index >= 15 is 0 Å². The van der Waals surface area contributed by atoms with Gasteiger partial charge in [0.2, 0.25) is 0 Å². The Balaban J connectivity index is 1.50. The van der Waals surface area contributed by atoms with Gasteiger partial charge in [0.1, 0.15) is 20.3 Å². The summed E-state index contributed by atoms with van der Waals surface area (Å²) in [5.74, 6) is -0.263. The first-order chi connectivity index (χ1) is 17.2. The number of amides is 1. The van der Waals surface area contributed by atoms with Gasteiger partial charge in [0.15, 0.2) is 0 Å². The van der Waals surface area contributed by atoms with Crippen LogP contribution in [-0.4, -0.2) is 23.0 Å². The third-order valence-electron chi connectivity index (χ3n) is 6.26. The van der Waals surface area contributed by atoms with Crippen LogP contribution in [0.3, 0.4) is 0 Å². The number of hydrogen-bond donors (Lipinski definition) is 2. The smallest absolute Gasteiger partial charge is 0.342 e. The van der Waals surface area contributed by atoms with Gasteiger partial charge < -0.3 is 15.8 Å². The molecule has 3 heterocycles. The molecule has 0 saturated carbocycles. The maximum atomic E-state index is 13.4. The summed E-state index contributed by atoms with van der Waals surface area (Å²) >= 11 is 8.60. The molecule has 1 atom stereocenters. The Morgan fingerprint density at radius 2 is 2.00 bits per heavy atom. The number of anilines is 2. The molecule has 4 aromatic rings. The molecule has 1 aromatic carbocycles. The molecule has 0 fully saturated rings. The summed E-state index contributed by atoms with van der Waals surface area (Å²) in [4.78, 5) is 32.4. The van der Waals surface area contributed by atoms with Crippen LogP contribution in [-0.2, 0) is 17.6 Å². The van der Waals surface area contributed by atoms with Crippen molar-refractivity contribution in [3.8, 4) is 11.1 Å². The number of pyridine rings is 1. The second-order valence-corrected chi connectivity index (χ2v) is 11.7. The van der Waals surface area contributed by atoms with Crippen LogP contribution < -0.4 is 11.1 Å². The lowest BCUT2D eigenvalue weighted by Crippen LogP contribution is -2.16. The summed E-state index contributed by atoms with van der Waals surface area (Å²) in [7, 11) is 0. The fourth-order valence-electron chi connectivity index (χ4n) is 4.47. The highest BCUT2D eigenvalue weighted by molar-refractivity contribution is 7.21. The highest BCUT2D eigenvalue weighted by Gasteiger charge is 2.27. The van der Waals surface area contributed by atoms with Gasteiger partial charge in [0.25, 0.3) is 5.91 Å². The highest BCUT2D eigenvalue weighted by atomic mass is 35.5. The highest BCUT2D eigenvalue weighted by Crippen LogP contribution is 2.40. The van der Waals surface area contributed by atoms with Gasteiger partial charge in [-0.2, -0.15) is 0 Å². The van der Waals surface area contributed by atoms with E-state index < -0.39 is 5.97 Å². The minimum Gasteiger partial charge on any atom is -0.459 e. The van der Waals surface area contributed by atoms with Crippen LogP contribution >= 0.6 is 34.3 Å². The van der Waals surface area contributed by atoms with Crippen molar-refractivity contribution in [1.82, 2.24) is 4.98 Å². The van der Waals surface area contributed by atoms with Gasteiger partial charge in [-0.05, 0) is 68.4 Å². The van der Waals surface area contributed by atoms with E-state index in [2.05, 4.69) is 18.3 Å². The number of thiophene rings is 2. The molecule has 1 aliphatic rings. The predicted octanol–water partition coefficient (Wildman–Crippen LogP) is 7.20. The lowest BCUT2D eigenvalue weighted by atomic mass is 9.87. The van der Waals surface area contributed by atoms with Crippen molar-refractivity contribution in [3.05, 3.63) is 62.4 Å². The summed E-state index contributed by atoms with van der Waals surface area (Å²) in [6.45, 7) is 5.82. The molecule has 0 aliphatic heterocycles. The Labute approximate surface area is 222 Å². The van der Waals surface area contributed by atoms with Crippen LogP contribution in [0.25, 0.3) is 21.3 Å². The zero-order chi connectivity index (χ0) is 25.6. The van der Waals surface area contributed by atoms with Crippen molar-refractivity contribution in [2.45, 2.75) is 46.1 Å². The van der Waals surface area contributed by atoms with Crippen LogP contribution in [0, 0.1) is 5.92 Å². The summed E-state index contributed by atoms with van der Waals surface area (Å²) in [6.07, 6.45) is 2.72. The molecule has 1 aliphatic carbocycles. The van der Waals surface area contributed by atoms with Crippen molar-refractivity contribution in [3.63, 3.8) is 0 Å². The van der Waals surface area contributed by atoms with Crippen LogP contribution in [0.2, 0.25) is 5.02 Å². The Hall–Kier alpha value is -2.94. The topological polar surface area (TPSA) is 94.3 Å². The molecule has 186 valence electrons. The van der Waals surface area contributed by atoms with Gasteiger partial charge in [-0.1, -0.05) is 30.7 Å². The second-order valence-electron chi connectivity index (χ2n) is 9.41. The van der Waals surface area contributed by atoms with Crippen molar-refractivity contribution in [1.29, 1.82) is 0 Å². The number of fused-ring (bicyclic) bond motifs is 2. The average Bonchev–Trinajstić information content (AvgIpc) is 3.39. The largest absolute Gasteiger partial charge is 0.459 e. The van der Waals surface area contributed by atoms with E-state index in [-0.39, 0.29) is 12.0 Å². The van der Waals surface area contributed by atoms with Crippen molar-refractivity contribution >= 4 is 67.1 Å². The van der Waals surface area contributed by atoms with E-state index in [1.54, 1.807) is 26.0 Å². The number of aromatic nitrogens is 1. The lowest BCUT2D eigenvalue weighted by Gasteiger charge is -2.20. The third kappa shape index (κ3) is 4.73. The number of carbonyl (C=O) groups excluding carboxylic acids is 2. The third-order valence-corrected chi connectivity index (χ3v) is 8.52. The minimum atomic E-state index is -0.501. The number of ether oxygens (including phenoxy) is 1. The molecule has 0 radical (unpaired) electrons. The number of benzene rings is 1. The summed E-state index contributed by atoms with van der Waals surface area (Å²) in [5, 5.41) is 6.57. The van der Waals surface area contributed by atoms with Gasteiger partial charge in [0.05, 0.1) is 11.8 Å². The molecule has 0 saturated heterocycles. The number of nitrogens with two attached hydrogens (primary N) is 1. The number of halogens is 1. The van der Waals surface area contributed by atoms with Gasteiger partial charge in [-0.3, -0.25) is 4.79 Å². The lowest BCUT2D eigenvalue weighted by molar-refractivity contribution is 0.0380. The molecule has 1 unspecified atom stereocenters. The number of aryl methyl sites for hydroxylation is 1. The fourth-order valence-corrected chi connectivity index (χ4v) is 6.54. The van der Waals surface area contributed by atoms with E-state index in [1.165, 1.54) is 28.2 Å². The monoisotopic (exact) mass is 539 g/mol. The average molecular weight is 540 g/mol. The van der Waals surface area contributed by atoms with Crippen LogP contribution in [0.1, 0.15) is 58.5 Å². The molecular weight excluding hydrogens is 514 g/mol. The first kappa shape index (κ1) is 24.7. The van der Waals surface area contributed by atoms with Gasteiger partial charge in [-0.15, -0.1) is 22.7 Å². The number of rotatable bonds is 5. The molecule has 36 heavy (non-hydrogen) atoms. The Morgan fingerprint density at radius 1 is 1.25 bits per heavy atom. The second kappa shape index (κ2) is 9.84. The SMILES string of the molecule is CC1CCc2nc3sc(C(=O)Nc4scc(-c5ccc(Cl)cc5)c4C(=O)OC(C)C)c(N)c3cc2C1. The molecule has 1 amide bonds. The molecule has 0 bridgehead atoms. The summed E-state index contributed by atoms with van der Waals surface area (Å²) in [5.41, 5.74) is 11.0.